The second-order valence-electron chi connectivity index (χ2n) is 4.06. The fourth-order valence-electron chi connectivity index (χ4n) is 1.48. The minimum Gasteiger partial charge on any atom is -0.462 e. The molecule has 18 heavy (non-hydrogen) atoms. The fraction of sp³-hybridized carbons (Fsp3) is 0.385. The molecular formula is C13H18N2O3. The van der Waals surface area contributed by atoms with Gasteiger partial charge in [-0.05, 0) is 18.6 Å². The summed E-state index contributed by atoms with van der Waals surface area (Å²) in [5, 5.41) is 0. The van der Waals surface area contributed by atoms with Gasteiger partial charge in [-0.2, -0.15) is 0 Å². The molecule has 0 aliphatic carbocycles. The topological polar surface area (TPSA) is 72.6 Å². The number of ether oxygens (including phenoxy) is 1. The van der Waals surface area contributed by atoms with E-state index in [9.17, 15) is 9.59 Å². The highest BCUT2D eigenvalue weighted by atomic mass is 16.5. The van der Waals surface area contributed by atoms with Crippen LogP contribution < -0.4 is 5.73 Å². The molecule has 98 valence electrons. The summed E-state index contributed by atoms with van der Waals surface area (Å²) in [6.07, 6.45) is 0.173. The molecule has 0 aliphatic rings. The molecule has 0 aliphatic heterocycles. The van der Waals surface area contributed by atoms with E-state index in [0.29, 0.717) is 23.4 Å². The predicted molar refractivity (Wildman–Crippen MR) is 69.2 cm³/mol. The van der Waals surface area contributed by atoms with Crippen LogP contribution in [0.25, 0.3) is 0 Å². The number of amides is 1. The maximum absolute atomic E-state index is 11.6. The fourth-order valence-corrected chi connectivity index (χ4v) is 1.48. The third-order valence-corrected chi connectivity index (χ3v) is 2.53. The first-order valence-corrected chi connectivity index (χ1v) is 5.72. The van der Waals surface area contributed by atoms with Gasteiger partial charge in [0.2, 0.25) is 5.91 Å². The van der Waals surface area contributed by atoms with Gasteiger partial charge in [-0.3, -0.25) is 4.79 Å². The van der Waals surface area contributed by atoms with Gasteiger partial charge in [0, 0.05) is 19.8 Å². The van der Waals surface area contributed by atoms with Crippen molar-refractivity contribution in [3.05, 3.63) is 29.3 Å². The van der Waals surface area contributed by atoms with E-state index in [4.69, 9.17) is 10.5 Å². The number of hydrogen-bond acceptors (Lipinski definition) is 4. The van der Waals surface area contributed by atoms with Gasteiger partial charge in [-0.1, -0.05) is 12.1 Å². The Morgan fingerprint density at radius 1 is 1.33 bits per heavy atom. The van der Waals surface area contributed by atoms with E-state index in [1.54, 1.807) is 39.2 Å². The Hall–Kier alpha value is -2.04. The van der Waals surface area contributed by atoms with Gasteiger partial charge in [0.1, 0.15) is 0 Å². The highest BCUT2D eigenvalue weighted by Crippen LogP contribution is 2.19. The molecule has 1 aromatic rings. The molecular weight excluding hydrogens is 232 g/mol. The number of nitrogen functional groups attached to an aromatic ring is 1. The molecule has 0 aromatic heterocycles. The maximum Gasteiger partial charge on any atom is 0.340 e. The van der Waals surface area contributed by atoms with Crippen LogP contribution in [0.2, 0.25) is 0 Å². The van der Waals surface area contributed by atoms with E-state index in [2.05, 4.69) is 0 Å². The van der Waals surface area contributed by atoms with Crippen molar-refractivity contribution in [3.8, 4) is 0 Å². The normalized spacial score (nSPS) is 9.94. The first-order chi connectivity index (χ1) is 8.47. The number of nitrogens with two attached hydrogens (primary N) is 1. The van der Waals surface area contributed by atoms with Crippen LogP contribution >= 0.6 is 0 Å². The van der Waals surface area contributed by atoms with Gasteiger partial charge in [-0.25, -0.2) is 4.79 Å². The summed E-state index contributed by atoms with van der Waals surface area (Å²) < 4.78 is 4.90. The third-order valence-electron chi connectivity index (χ3n) is 2.53. The highest BCUT2D eigenvalue weighted by Gasteiger charge is 2.15. The first kappa shape index (κ1) is 14.0. The van der Waals surface area contributed by atoms with E-state index < -0.39 is 5.97 Å². The molecule has 2 N–H and O–H groups in total. The number of likely N-dealkylation sites (N-methyl/N-ethyl adjacent to an activating group) is 1. The Labute approximate surface area is 107 Å². The molecule has 5 nitrogen and oxygen atoms in total. The summed E-state index contributed by atoms with van der Waals surface area (Å²) in [6.45, 7) is 2.02. The number of esters is 1. The maximum atomic E-state index is 11.6. The van der Waals surface area contributed by atoms with E-state index >= 15 is 0 Å². The number of hydrogen-bond donors (Lipinski definition) is 1. The molecule has 0 heterocycles. The zero-order chi connectivity index (χ0) is 13.7. The second kappa shape index (κ2) is 6.05. The van der Waals surface area contributed by atoms with Crippen molar-refractivity contribution >= 4 is 17.6 Å². The number of carbonyl (C=O) groups excluding carboxylic acids is 2. The molecule has 0 atom stereocenters. The summed E-state index contributed by atoms with van der Waals surface area (Å²) in [5.74, 6) is -0.531. The third kappa shape index (κ3) is 3.23. The minimum atomic E-state index is -0.464. The summed E-state index contributed by atoms with van der Waals surface area (Å²) in [6, 6.07) is 5.03. The zero-order valence-electron chi connectivity index (χ0n) is 10.9. The second-order valence-corrected chi connectivity index (χ2v) is 4.06. The molecule has 0 spiro atoms. The van der Waals surface area contributed by atoms with E-state index in [0.717, 1.165) is 0 Å². The Morgan fingerprint density at radius 3 is 2.56 bits per heavy atom. The van der Waals surface area contributed by atoms with Crippen molar-refractivity contribution in [1.82, 2.24) is 4.90 Å². The number of para-hydroxylation sites is 1. The van der Waals surface area contributed by atoms with Crippen molar-refractivity contribution in [1.29, 1.82) is 0 Å². The zero-order valence-corrected chi connectivity index (χ0v) is 10.9. The molecule has 1 rings (SSSR count). The quantitative estimate of drug-likeness (QED) is 0.641. The molecule has 0 fully saturated rings. The predicted octanol–water partition coefficient (Wildman–Crippen LogP) is 1.08. The Balaban J connectivity index is 2.98. The molecule has 0 bridgehead atoms. The molecule has 5 heteroatoms. The SMILES string of the molecule is CCOC(=O)c1cccc(CC(=O)N(C)C)c1N. The van der Waals surface area contributed by atoms with Crippen LogP contribution in [-0.4, -0.2) is 37.5 Å². The van der Waals surface area contributed by atoms with Gasteiger partial charge < -0.3 is 15.4 Å². The summed E-state index contributed by atoms with van der Waals surface area (Å²) in [7, 11) is 3.35. The van der Waals surface area contributed by atoms with Crippen LogP contribution in [0.3, 0.4) is 0 Å². The average molecular weight is 250 g/mol. The molecule has 1 aromatic carbocycles. The number of benzene rings is 1. The molecule has 0 radical (unpaired) electrons. The lowest BCUT2D eigenvalue weighted by Crippen LogP contribution is -2.24. The van der Waals surface area contributed by atoms with Crippen molar-refractivity contribution in [2.45, 2.75) is 13.3 Å². The van der Waals surface area contributed by atoms with Gasteiger partial charge in [0.15, 0.2) is 0 Å². The van der Waals surface area contributed by atoms with Crippen LogP contribution in [0, 0.1) is 0 Å². The lowest BCUT2D eigenvalue weighted by atomic mass is 10.0. The number of nitrogens with zero attached hydrogens (tertiary/aromatic N) is 1. The Morgan fingerprint density at radius 2 is 2.00 bits per heavy atom. The van der Waals surface area contributed by atoms with E-state index in [1.807, 2.05) is 0 Å². The monoisotopic (exact) mass is 250 g/mol. The summed E-state index contributed by atoms with van der Waals surface area (Å²) in [4.78, 5) is 24.7. The molecule has 1 amide bonds. The largest absolute Gasteiger partial charge is 0.462 e. The van der Waals surface area contributed by atoms with Crippen LogP contribution in [0.1, 0.15) is 22.8 Å². The lowest BCUT2D eigenvalue weighted by Gasteiger charge is -2.13. The Kier molecular flexibility index (Phi) is 4.71. The van der Waals surface area contributed by atoms with Crippen molar-refractivity contribution < 1.29 is 14.3 Å². The minimum absolute atomic E-state index is 0.0669. The van der Waals surface area contributed by atoms with Gasteiger partial charge >= 0.3 is 5.97 Å². The standard InChI is InChI=1S/C13H18N2O3/c1-4-18-13(17)10-7-5-6-9(12(10)14)8-11(16)15(2)3/h5-7H,4,8,14H2,1-3H3. The van der Waals surface area contributed by atoms with Crippen molar-refractivity contribution in [3.63, 3.8) is 0 Å². The summed E-state index contributed by atoms with van der Waals surface area (Å²) >= 11 is 0. The van der Waals surface area contributed by atoms with E-state index in [-0.39, 0.29) is 12.3 Å². The average Bonchev–Trinajstić information content (AvgIpc) is 2.31. The first-order valence-electron chi connectivity index (χ1n) is 5.72. The number of carbonyl (C=O) groups is 2. The number of rotatable bonds is 4. The lowest BCUT2D eigenvalue weighted by molar-refractivity contribution is -0.127. The smallest absolute Gasteiger partial charge is 0.340 e. The van der Waals surface area contributed by atoms with Gasteiger partial charge in [0.05, 0.1) is 18.6 Å². The van der Waals surface area contributed by atoms with Crippen LogP contribution in [0.15, 0.2) is 18.2 Å². The highest BCUT2D eigenvalue weighted by molar-refractivity contribution is 5.96. The van der Waals surface area contributed by atoms with Crippen LogP contribution in [-0.2, 0) is 16.0 Å². The summed E-state index contributed by atoms with van der Waals surface area (Å²) in [5.41, 5.74) is 7.15. The van der Waals surface area contributed by atoms with Crippen molar-refractivity contribution in [2.24, 2.45) is 0 Å². The molecule has 0 saturated heterocycles. The van der Waals surface area contributed by atoms with Crippen LogP contribution in [0.4, 0.5) is 5.69 Å². The van der Waals surface area contributed by atoms with E-state index in [1.165, 1.54) is 4.90 Å². The van der Waals surface area contributed by atoms with Gasteiger partial charge in [-0.15, -0.1) is 0 Å². The van der Waals surface area contributed by atoms with Gasteiger partial charge in [0.25, 0.3) is 0 Å². The molecule has 0 saturated carbocycles. The van der Waals surface area contributed by atoms with Crippen molar-refractivity contribution in [2.75, 3.05) is 26.4 Å². The Bertz CT molecular complexity index is 456. The molecule has 0 unspecified atom stereocenters. The number of anilines is 1. The van der Waals surface area contributed by atoms with Crippen LogP contribution in [0.5, 0.6) is 0 Å².